The lowest BCUT2D eigenvalue weighted by atomic mass is 10.2. The Kier molecular flexibility index (Phi) is 1.59. The summed E-state index contributed by atoms with van der Waals surface area (Å²) in [5.41, 5.74) is 2.08. The van der Waals surface area contributed by atoms with Gasteiger partial charge in [0.15, 0.2) is 0 Å². The number of hydrogen-bond acceptors (Lipinski definition) is 3. The van der Waals surface area contributed by atoms with E-state index in [2.05, 4.69) is 20.2 Å². The third-order valence-electron chi connectivity index (χ3n) is 2.45. The van der Waals surface area contributed by atoms with Crippen molar-refractivity contribution in [2.75, 3.05) is 6.54 Å². The molecule has 1 unspecified atom stereocenters. The molecule has 0 fully saturated rings. The minimum absolute atomic E-state index is 0.141. The SMILES string of the molecule is c1ccc2[nH]c(C3CCN=N3)nc2c1. The first-order chi connectivity index (χ1) is 6.93. The second kappa shape index (κ2) is 2.90. The van der Waals surface area contributed by atoms with Crippen molar-refractivity contribution in [3.63, 3.8) is 0 Å². The van der Waals surface area contributed by atoms with Gasteiger partial charge in [0.2, 0.25) is 0 Å². The van der Waals surface area contributed by atoms with Crippen LogP contribution < -0.4 is 0 Å². The molecule has 0 saturated heterocycles. The molecule has 4 nitrogen and oxygen atoms in total. The Labute approximate surface area is 81.1 Å². The fourth-order valence-electron chi connectivity index (χ4n) is 1.72. The molecule has 0 spiro atoms. The molecule has 3 rings (SSSR count). The van der Waals surface area contributed by atoms with Crippen molar-refractivity contribution in [3.8, 4) is 0 Å². The van der Waals surface area contributed by atoms with Gasteiger partial charge in [0.1, 0.15) is 11.9 Å². The van der Waals surface area contributed by atoms with Gasteiger partial charge in [-0.25, -0.2) is 4.98 Å². The Balaban J connectivity index is 2.09. The number of para-hydroxylation sites is 2. The number of nitrogens with one attached hydrogen (secondary N) is 1. The van der Waals surface area contributed by atoms with Crippen LogP contribution in [0.2, 0.25) is 0 Å². The predicted molar refractivity (Wildman–Crippen MR) is 53.2 cm³/mol. The first kappa shape index (κ1) is 7.67. The Morgan fingerprint density at radius 1 is 1.29 bits per heavy atom. The number of aromatic nitrogens is 2. The van der Waals surface area contributed by atoms with Gasteiger partial charge in [0.05, 0.1) is 17.6 Å². The zero-order valence-corrected chi connectivity index (χ0v) is 7.64. The predicted octanol–water partition coefficient (Wildman–Crippen LogP) is 2.46. The minimum Gasteiger partial charge on any atom is -0.340 e. The van der Waals surface area contributed by atoms with Crippen molar-refractivity contribution < 1.29 is 0 Å². The van der Waals surface area contributed by atoms with Crippen molar-refractivity contribution in [1.29, 1.82) is 0 Å². The molecule has 0 radical (unpaired) electrons. The monoisotopic (exact) mass is 186 g/mol. The number of fused-ring (bicyclic) bond motifs is 1. The topological polar surface area (TPSA) is 53.4 Å². The number of rotatable bonds is 1. The maximum Gasteiger partial charge on any atom is 0.134 e. The van der Waals surface area contributed by atoms with Crippen LogP contribution in [-0.4, -0.2) is 16.5 Å². The zero-order valence-electron chi connectivity index (χ0n) is 7.64. The third-order valence-corrected chi connectivity index (χ3v) is 2.45. The van der Waals surface area contributed by atoms with Crippen molar-refractivity contribution in [1.82, 2.24) is 9.97 Å². The van der Waals surface area contributed by atoms with E-state index < -0.39 is 0 Å². The van der Waals surface area contributed by atoms with Crippen LogP contribution in [-0.2, 0) is 0 Å². The van der Waals surface area contributed by atoms with Crippen LogP contribution >= 0.6 is 0 Å². The van der Waals surface area contributed by atoms with E-state index in [9.17, 15) is 0 Å². The summed E-state index contributed by atoms with van der Waals surface area (Å²) in [5.74, 6) is 0.937. The fraction of sp³-hybridized carbons (Fsp3) is 0.300. The van der Waals surface area contributed by atoms with Gasteiger partial charge >= 0.3 is 0 Å². The quantitative estimate of drug-likeness (QED) is 0.730. The molecule has 1 N–H and O–H groups in total. The first-order valence-corrected chi connectivity index (χ1v) is 4.75. The van der Waals surface area contributed by atoms with Gasteiger partial charge in [-0.3, -0.25) is 0 Å². The summed E-state index contributed by atoms with van der Waals surface area (Å²) in [4.78, 5) is 7.76. The van der Waals surface area contributed by atoms with Crippen LogP contribution in [0.3, 0.4) is 0 Å². The number of hydrogen-bond donors (Lipinski definition) is 1. The number of benzene rings is 1. The summed E-state index contributed by atoms with van der Waals surface area (Å²) in [5, 5.41) is 8.11. The van der Waals surface area contributed by atoms with E-state index in [0.717, 1.165) is 29.8 Å². The number of azo groups is 1. The normalized spacial score (nSPS) is 20.7. The number of aromatic amines is 1. The molecule has 0 bridgehead atoms. The standard InChI is InChI=1S/C10H10N4/c1-2-4-8-7(3-1)12-10(13-8)9-5-6-11-14-9/h1-4,9H,5-6H2,(H,12,13). The van der Waals surface area contributed by atoms with Gasteiger partial charge in [-0.1, -0.05) is 12.1 Å². The van der Waals surface area contributed by atoms with Crippen molar-refractivity contribution in [2.45, 2.75) is 12.5 Å². The smallest absolute Gasteiger partial charge is 0.134 e. The second-order valence-electron chi connectivity index (χ2n) is 3.42. The molecule has 70 valence electrons. The Bertz CT molecular complexity index is 453. The van der Waals surface area contributed by atoms with E-state index in [1.165, 1.54) is 0 Å². The van der Waals surface area contributed by atoms with Crippen LogP contribution in [0.4, 0.5) is 0 Å². The van der Waals surface area contributed by atoms with E-state index >= 15 is 0 Å². The second-order valence-corrected chi connectivity index (χ2v) is 3.42. The maximum atomic E-state index is 4.49. The van der Waals surface area contributed by atoms with E-state index in [1.54, 1.807) is 0 Å². The van der Waals surface area contributed by atoms with Crippen molar-refractivity contribution in [3.05, 3.63) is 30.1 Å². The highest BCUT2D eigenvalue weighted by molar-refractivity contribution is 5.74. The molecule has 1 aliphatic heterocycles. The minimum atomic E-state index is 0.141. The third kappa shape index (κ3) is 1.11. The first-order valence-electron chi connectivity index (χ1n) is 4.75. The average Bonchev–Trinajstić information content (AvgIpc) is 2.86. The number of nitrogens with zero attached hydrogens (tertiary/aromatic N) is 3. The molecular formula is C10H10N4. The van der Waals surface area contributed by atoms with E-state index in [4.69, 9.17) is 0 Å². The molecule has 1 aromatic carbocycles. The number of H-pyrrole nitrogens is 1. The highest BCUT2D eigenvalue weighted by Crippen LogP contribution is 2.25. The summed E-state index contributed by atoms with van der Waals surface area (Å²) in [7, 11) is 0. The summed E-state index contributed by atoms with van der Waals surface area (Å²) in [6, 6.07) is 8.16. The van der Waals surface area contributed by atoms with Gasteiger partial charge in [-0.15, -0.1) is 0 Å². The average molecular weight is 186 g/mol. The molecular weight excluding hydrogens is 176 g/mol. The number of imidazole rings is 1. The summed E-state index contributed by atoms with van der Waals surface area (Å²) < 4.78 is 0. The van der Waals surface area contributed by atoms with Crippen molar-refractivity contribution in [2.24, 2.45) is 10.2 Å². The van der Waals surface area contributed by atoms with E-state index in [-0.39, 0.29) is 6.04 Å². The van der Waals surface area contributed by atoms with E-state index in [1.807, 2.05) is 24.3 Å². The molecule has 14 heavy (non-hydrogen) atoms. The molecule has 2 aromatic rings. The zero-order chi connectivity index (χ0) is 9.38. The lowest BCUT2D eigenvalue weighted by Crippen LogP contribution is -1.93. The van der Waals surface area contributed by atoms with Crippen LogP contribution in [0, 0.1) is 0 Å². The van der Waals surface area contributed by atoms with Crippen LogP contribution in [0.15, 0.2) is 34.5 Å². The van der Waals surface area contributed by atoms with Gasteiger partial charge in [-0.05, 0) is 12.1 Å². The largest absolute Gasteiger partial charge is 0.340 e. The van der Waals surface area contributed by atoms with Crippen LogP contribution in [0.1, 0.15) is 18.3 Å². The Morgan fingerprint density at radius 3 is 3.00 bits per heavy atom. The molecule has 1 aromatic heterocycles. The molecule has 4 heteroatoms. The van der Waals surface area contributed by atoms with Crippen LogP contribution in [0.5, 0.6) is 0 Å². The Hall–Kier alpha value is -1.71. The lowest BCUT2D eigenvalue weighted by Gasteiger charge is -1.97. The molecule has 1 atom stereocenters. The summed E-state index contributed by atoms with van der Waals surface area (Å²) in [6.45, 7) is 0.821. The van der Waals surface area contributed by atoms with Gasteiger partial charge in [0.25, 0.3) is 0 Å². The van der Waals surface area contributed by atoms with Gasteiger partial charge < -0.3 is 4.98 Å². The summed E-state index contributed by atoms with van der Waals surface area (Å²) >= 11 is 0. The van der Waals surface area contributed by atoms with E-state index in [0.29, 0.717) is 0 Å². The maximum absolute atomic E-state index is 4.49. The lowest BCUT2D eigenvalue weighted by molar-refractivity contribution is 0.697. The van der Waals surface area contributed by atoms with Crippen LogP contribution in [0.25, 0.3) is 11.0 Å². The molecule has 2 heterocycles. The Morgan fingerprint density at radius 2 is 2.21 bits per heavy atom. The molecule has 0 saturated carbocycles. The molecule has 0 aliphatic carbocycles. The van der Waals surface area contributed by atoms with Crippen molar-refractivity contribution >= 4 is 11.0 Å². The van der Waals surface area contributed by atoms with Gasteiger partial charge in [-0.2, -0.15) is 10.2 Å². The summed E-state index contributed by atoms with van der Waals surface area (Å²) in [6.07, 6.45) is 0.972. The fourth-order valence-corrected chi connectivity index (χ4v) is 1.72. The molecule has 1 aliphatic rings. The van der Waals surface area contributed by atoms with Gasteiger partial charge in [0, 0.05) is 6.42 Å². The molecule has 0 amide bonds. The highest BCUT2D eigenvalue weighted by atomic mass is 15.2. The highest BCUT2D eigenvalue weighted by Gasteiger charge is 2.17.